The zero-order valence-corrected chi connectivity index (χ0v) is 22.5. The van der Waals surface area contributed by atoms with Gasteiger partial charge in [-0.25, -0.2) is 0 Å². The van der Waals surface area contributed by atoms with Gasteiger partial charge in [-0.2, -0.15) is 10.5 Å². The van der Waals surface area contributed by atoms with Crippen LogP contribution in [0.15, 0.2) is 115 Å². The van der Waals surface area contributed by atoms with E-state index in [1.165, 1.54) is 22.3 Å². The molecule has 1 aliphatic rings. The Morgan fingerprint density at radius 1 is 0.692 bits per heavy atom. The van der Waals surface area contributed by atoms with Gasteiger partial charge in [-0.1, -0.05) is 68.4 Å². The quantitative estimate of drug-likeness (QED) is 0.217. The number of anilines is 3. The summed E-state index contributed by atoms with van der Waals surface area (Å²) in [5, 5.41) is 18.2. The molecule has 1 aliphatic carbocycles. The molecular formula is C35H25N3S. The second kappa shape index (κ2) is 9.76. The topological polar surface area (TPSA) is 50.8 Å². The van der Waals surface area contributed by atoms with Gasteiger partial charge in [0, 0.05) is 32.2 Å². The molecule has 0 amide bonds. The van der Waals surface area contributed by atoms with Gasteiger partial charge >= 0.3 is 0 Å². The summed E-state index contributed by atoms with van der Waals surface area (Å²) in [6.45, 7) is 4.60. The van der Waals surface area contributed by atoms with Gasteiger partial charge in [0.25, 0.3) is 0 Å². The molecule has 0 unspecified atom stereocenters. The molecule has 186 valence electrons. The van der Waals surface area contributed by atoms with Gasteiger partial charge < -0.3 is 4.90 Å². The summed E-state index contributed by atoms with van der Waals surface area (Å²) in [7, 11) is 0. The SMILES string of the molecule is CC1(C)c2cc(-c3ccc(C=C(C#N)C#N)s3)ccc2-c2ccc(N(c3ccccc3)c3ccccc3)cc21. The Kier molecular flexibility index (Phi) is 6.12. The van der Waals surface area contributed by atoms with Crippen LogP contribution < -0.4 is 4.90 Å². The largest absolute Gasteiger partial charge is 0.310 e. The number of fused-ring (bicyclic) bond motifs is 3. The van der Waals surface area contributed by atoms with Crippen LogP contribution in [0, 0.1) is 22.7 Å². The Bertz CT molecular complexity index is 1740. The van der Waals surface area contributed by atoms with Crippen molar-refractivity contribution in [2.24, 2.45) is 0 Å². The van der Waals surface area contributed by atoms with Crippen molar-refractivity contribution in [3.63, 3.8) is 0 Å². The molecule has 1 aromatic heterocycles. The van der Waals surface area contributed by atoms with Gasteiger partial charge in [0.1, 0.15) is 17.7 Å². The molecule has 0 radical (unpaired) electrons. The summed E-state index contributed by atoms with van der Waals surface area (Å²) in [4.78, 5) is 4.33. The summed E-state index contributed by atoms with van der Waals surface area (Å²) in [5.41, 5.74) is 9.62. The standard InChI is InChI=1S/C35H25N3S/c1-35(2)32-20-25(34-18-15-29(39-34)19-24(22-36)23-37)13-16-30(32)31-17-14-28(21-33(31)35)38(26-9-5-3-6-10-26)27-11-7-4-8-12-27/h3-21H,1-2H3. The Balaban J connectivity index is 1.41. The third-order valence-electron chi connectivity index (χ3n) is 7.39. The van der Waals surface area contributed by atoms with Crippen LogP contribution >= 0.6 is 11.3 Å². The number of thiophene rings is 1. The highest BCUT2D eigenvalue weighted by Gasteiger charge is 2.36. The molecule has 0 saturated heterocycles. The van der Waals surface area contributed by atoms with E-state index >= 15 is 0 Å². The molecular weight excluding hydrogens is 494 g/mol. The van der Waals surface area contributed by atoms with Gasteiger partial charge in [-0.05, 0) is 88.5 Å². The maximum absolute atomic E-state index is 9.10. The van der Waals surface area contributed by atoms with Crippen molar-refractivity contribution in [1.82, 2.24) is 0 Å². The summed E-state index contributed by atoms with van der Waals surface area (Å²) < 4.78 is 0. The average molecular weight is 520 g/mol. The molecule has 5 aromatic rings. The van der Waals surface area contributed by atoms with Gasteiger partial charge in [0.15, 0.2) is 0 Å². The smallest absolute Gasteiger partial charge is 0.131 e. The maximum Gasteiger partial charge on any atom is 0.131 e. The lowest BCUT2D eigenvalue weighted by Crippen LogP contribution is -2.16. The normalized spacial score (nSPS) is 12.5. The molecule has 3 nitrogen and oxygen atoms in total. The van der Waals surface area contributed by atoms with Gasteiger partial charge in [0.2, 0.25) is 0 Å². The molecule has 39 heavy (non-hydrogen) atoms. The van der Waals surface area contributed by atoms with Crippen molar-refractivity contribution in [2.45, 2.75) is 19.3 Å². The highest BCUT2D eigenvalue weighted by Crippen LogP contribution is 2.51. The lowest BCUT2D eigenvalue weighted by atomic mass is 9.81. The number of nitriles is 2. The van der Waals surface area contributed by atoms with E-state index in [0.717, 1.165) is 32.4 Å². The number of allylic oxidation sites excluding steroid dienone is 1. The molecule has 6 rings (SSSR count). The first kappa shape index (κ1) is 24.4. The van der Waals surface area contributed by atoms with E-state index in [-0.39, 0.29) is 11.0 Å². The van der Waals surface area contributed by atoms with E-state index in [1.807, 2.05) is 30.3 Å². The van der Waals surface area contributed by atoms with Crippen LogP contribution in [0.25, 0.3) is 27.6 Å². The predicted octanol–water partition coefficient (Wildman–Crippen LogP) is 9.62. The Morgan fingerprint density at radius 2 is 1.28 bits per heavy atom. The van der Waals surface area contributed by atoms with Crippen LogP contribution in [-0.2, 0) is 5.41 Å². The van der Waals surface area contributed by atoms with E-state index in [4.69, 9.17) is 10.5 Å². The van der Waals surface area contributed by atoms with E-state index in [2.05, 4.69) is 110 Å². The van der Waals surface area contributed by atoms with Crippen molar-refractivity contribution < 1.29 is 0 Å². The first-order valence-corrected chi connectivity index (χ1v) is 13.6. The highest BCUT2D eigenvalue weighted by atomic mass is 32.1. The van der Waals surface area contributed by atoms with Crippen molar-refractivity contribution in [3.05, 3.63) is 131 Å². The van der Waals surface area contributed by atoms with Gasteiger partial charge in [-0.3, -0.25) is 0 Å². The number of rotatable bonds is 5. The van der Waals surface area contributed by atoms with Gasteiger partial charge in [-0.15, -0.1) is 11.3 Å². The minimum absolute atomic E-state index is 0.116. The second-order valence-electron chi connectivity index (χ2n) is 10.1. The first-order chi connectivity index (χ1) is 19.0. The first-order valence-electron chi connectivity index (χ1n) is 12.8. The Labute approximate surface area is 233 Å². The molecule has 0 bridgehead atoms. The molecule has 1 heterocycles. The molecule has 0 fully saturated rings. The second-order valence-corrected chi connectivity index (χ2v) is 11.2. The van der Waals surface area contributed by atoms with Crippen molar-refractivity contribution in [2.75, 3.05) is 4.90 Å². The van der Waals surface area contributed by atoms with Crippen LogP contribution in [0.1, 0.15) is 29.9 Å². The van der Waals surface area contributed by atoms with Crippen LogP contribution in [0.2, 0.25) is 0 Å². The summed E-state index contributed by atoms with van der Waals surface area (Å²) >= 11 is 1.59. The minimum atomic E-state index is -0.176. The van der Waals surface area contributed by atoms with Crippen LogP contribution in [0.5, 0.6) is 0 Å². The fourth-order valence-electron chi connectivity index (χ4n) is 5.44. The minimum Gasteiger partial charge on any atom is -0.310 e. The highest BCUT2D eigenvalue weighted by molar-refractivity contribution is 7.16. The monoisotopic (exact) mass is 519 g/mol. The van der Waals surface area contributed by atoms with Crippen molar-refractivity contribution >= 4 is 34.5 Å². The van der Waals surface area contributed by atoms with E-state index in [1.54, 1.807) is 17.4 Å². The molecule has 0 aliphatic heterocycles. The summed E-state index contributed by atoms with van der Waals surface area (Å²) in [5.74, 6) is 0. The molecule has 0 saturated carbocycles. The van der Waals surface area contributed by atoms with Gasteiger partial charge in [0.05, 0.1) is 0 Å². The van der Waals surface area contributed by atoms with Crippen LogP contribution in [-0.4, -0.2) is 0 Å². The van der Waals surface area contributed by atoms with Crippen molar-refractivity contribution in [1.29, 1.82) is 10.5 Å². The van der Waals surface area contributed by atoms with E-state index < -0.39 is 0 Å². The lowest BCUT2D eigenvalue weighted by Gasteiger charge is -2.28. The third kappa shape index (κ3) is 4.32. The number of para-hydroxylation sites is 2. The fraction of sp³-hybridized carbons (Fsp3) is 0.0857. The molecule has 0 atom stereocenters. The average Bonchev–Trinajstić information content (AvgIpc) is 3.53. The zero-order chi connectivity index (χ0) is 27.0. The third-order valence-corrected chi connectivity index (χ3v) is 8.47. The molecule has 0 spiro atoms. The Hall–Kier alpha value is -4.90. The van der Waals surface area contributed by atoms with Crippen LogP contribution in [0.3, 0.4) is 0 Å². The van der Waals surface area contributed by atoms with Crippen LogP contribution in [0.4, 0.5) is 17.1 Å². The summed E-state index contributed by atoms with van der Waals surface area (Å²) in [6, 6.07) is 42.4. The number of benzene rings is 4. The van der Waals surface area contributed by atoms with E-state index in [0.29, 0.717) is 0 Å². The molecule has 0 N–H and O–H groups in total. The fourth-order valence-corrected chi connectivity index (χ4v) is 6.38. The maximum atomic E-state index is 9.10. The Morgan fingerprint density at radius 3 is 1.90 bits per heavy atom. The zero-order valence-electron chi connectivity index (χ0n) is 21.7. The number of hydrogen-bond acceptors (Lipinski definition) is 4. The molecule has 4 aromatic carbocycles. The van der Waals surface area contributed by atoms with Crippen molar-refractivity contribution in [3.8, 4) is 33.7 Å². The predicted molar refractivity (Wildman–Crippen MR) is 161 cm³/mol. The lowest BCUT2D eigenvalue weighted by molar-refractivity contribution is 0.660. The summed E-state index contributed by atoms with van der Waals surface area (Å²) in [6.07, 6.45) is 1.65. The number of nitrogens with zero attached hydrogens (tertiary/aromatic N) is 3. The van der Waals surface area contributed by atoms with E-state index in [9.17, 15) is 0 Å². The molecule has 4 heteroatoms. The number of hydrogen-bond donors (Lipinski definition) is 0.